The summed E-state index contributed by atoms with van der Waals surface area (Å²) >= 11 is 5.73. The first kappa shape index (κ1) is 12.6. The average molecular weight is 282 g/mol. The van der Waals surface area contributed by atoms with E-state index in [0.29, 0.717) is 16.3 Å². The summed E-state index contributed by atoms with van der Waals surface area (Å²) in [5.41, 5.74) is 1.02. The normalized spacial score (nSPS) is 17.2. The summed E-state index contributed by atoms with van der Waals surface area (Å²) in [5.74, 6) is -0.391. The van der Waals surface area contributed by atoms with Gasteiger partial charge >= 0.3 is 0 Å². The first-order valence-electron chi connectivity index (χ1n) is 5.99. The second kappa shape index (κ2) is 4.58. The first-order chi connectivity index (χ1) is 9.06. The molecule has 2 heterocycles. The lowest BCUT2D eigenvalue weighted by atomic mass is 9.89. The fourth-order valence-corrected chi connectivity index (χ4v) is 2.29. The van der Waals surface area contributed by atoms with E-state index in [9.17, 15) is 4.39 Å². The number of nitrogens with zero attached hydrogens (tertiary/aromatic N) is 3. The Labute approximate surface area is 115 Å². The van der Waals surface area contributed by atoms with Crippen LogP contribution in [0.25, 0.3) is 11.3 Å². The number of hydrogen-bond acceptors (Lipinski definition) is 3. The Bertz CT molecular complexity index is 610. The minimum absolute atomic E-state index is 0.101. The maximum Gasteiger partial charge on any atom is 0.134 e. The van der Waals surface area contributed by atoms with Gasteiger partial charge in [0, 0.05) is 16.0 Å². The lowest BCUT2D eigenvalue weighted by molar-refractivity contribution is -0.111. The van der Waals surface area contributed by atoms with E-state index < -0.39 is 5.82 Å². The SMILES string of the molecule is CC1(Cn2cc(-c3ccc(Cl)cc3F)nn2)COC1. The summed E-state index contributed by atoms with van der Waals surface area (Å²) in [7, 11) is 0. The fourth-order valence-electron chi connectivity index (χ4n) is 2.13. The third kappa shape index (κ3) is 2.48. The van der Waals surface area contributed by atoms with Gasteiger partial charge in [-0.05, 0) is 18.2 Å². The quantitative estimate of drug-likeness (QED) is 0.868. The number of aromatic nitrogens is 3. The van der Waals surface area contributed by atoms with Gasteiger partial charge in [0.25, 0.3) is 0 Å². The fraction of sp³-hybridized carbons (Fsp3) is 0.385. The van der Waals surface area contributed by atoms with Crippen LogP contribution in [-0.2, 0) is 11.3 Å². The van der Waals surface area contributed by atoms with Crippen molar-refractivity contribution in [2.45, 2.75) is 13.5 Å². The first-order valence-corrected chi connectivity index (χ1v) is 6.37. The molecular weight excluding hydrogens is 269 g/mol. The Hall–Kier alpha value is -1.46. The summed E-state index contributed by atoms with van der Waals surface area (Å²) < 4.78 is 20.7. The van der Waals surface area contributed by atoms with Gasteiger partial charge in [-0.25, -0.2) is 4.39 Å². The maximum absolute atomic E-state index is 13.8. The monoisotopic (exact) mass is 281 g/mol. The van der Waals surface area contributed by atoms with Crippen molar-refractivity contribution in [2.24, 2.45) is 5.41 Å². The van der Waals surface area contributed by atoms with E-state index >= 15 is 0 Å². The van der Waals surface area contributed by atoms with Crippen molar-refractivity contribution in [3.8, 4) is 11.3 Å². The van der Waals surface area contributed by atoms with Crippen LogP contribution in [0.5, 0.6) is 0 Å². The van der Waals surface area contributed by atoms with Crippen molar-refractivity contribution < 1.29 is 9.13 Å². The molecule has 19 heavy (non-hydrogen) atoms. The number of halogens is 2. The second-order valence-corrected chi connectivity index (χ2v) is 5.67. The molecule has 4 nitrogen and oxygen atoms in total. The van der Waals surface area contributed by atoms with E-state index in [1.807, 2.05) is 0 Å². The molecule has 0 N–H and O–H groups in total. The molecule has 100 valence electrons. The van der Waals surface area contributed by atoms with Crippen LogP contribution in [0.2, 0.25) is 5.02 Å². The Balaban J connectivity index is 1.84. The van der Waals surface area contributed by atoms with E-state index in [1.165, 1.54) is 6.07 Å². The third-order valence-corrected chi connectivity index (χ3v) is 3.43. The molecule has 0 spiro atoms. The summed E-state index contributed by atoms with van der Waals surface area (Å²) in [6, 6.07) is 4.53. The highest BCUT2D eigenvalue weighted by Gasteiger charge is 2.34. The largest absolute Gasteiger partial charge is 0.380 e. The van der Waals surface area contributed by atoms with Gasteiger partial charge < -0.3 is 4.74 Å². The van der Waals surface area contributed by atoms with Gasteiger partial charge in [-0.15, -0.1) is 5.10 Å². The maximum atomic E-state index is 13.8. The molecule has 0 bridgehead atoms. The smallest absolute Gasteiger partial charge is 0.134 e. The average Bonchev–Trinajstić information content (AvgIpc) is 2.75. The molecule has 0 unspecified atom stereocenters. The van der Waals surface area contributed by atoms with Crippen LogP contribution in [0.15, 0.2) is 24.4 Å². The number of rotatable bonds is 3. The van der Waals surface area contributed by atoms with Crippen LogP contribution in [0, 0.1) is 11.2 Å². The summed E-state index contributed by atoms with van der Waals surface area (Å²) in [6.45, 7) is 4.28. The molecule has 0 aliphatic carbocycles. The topological polar surface area (TPSA) is 39.9 Å². The van der Waals surface area contributed by atoms with E-state index in [2.05, 4.69) is 17.2 Å². The van der Waals surface area contributed by atoms with Gasteiger partial charge in [0.1, 0.15) is 11.5 Å². The van der Waals surface area contributed by atoms with Crippen LogP contribution in [0.3, 0.4) is 0 Å². The van der Waals surface area contributed by atoms with Crippen LogP contribution in [-0.4, -0.2) is 28.2 Å². The van der Waals surface area contributed by atoms with Crippen molar-refractivity contribution >= 4 is 11.6 Å². The Kier molecular flexibility index (Phi) is 3.03. The summed E-state index contributed by atoms with van der Waals surface area (Å²) in [4.78, 5) is 0. The Morgan fingerprint density at radius 1 is 1.47 bits per heavy atom. The van der Waals surface area contributed by atoms with E-state index in [-0.39, 0.29) is 5.41 Å². The molecule has 1 aliphatic heterocycles. The zero-order chi connectivity index (χ0) is 13.5. The predicted molar refractivity (Wildman–Crippen MR) is 69.4 cm³/mol. The highest BCUT2D eigenvalue weighted by atomic mass is 35.5. The second-order valence-electron chi connectivity index (χ2n) is 5.23. The number of hydrogen-bond donors (Lipinski definition) is 0. The molecular formula is C13H13ClFN3O. The van der Waals surface area contributed by atoms with Gasteiger partial charge in [-0.1, -0.05) is 23.7 Å². The van der Waals surface area contributed by atoms with E-state index in [0.717, 1.165) is 19.8 Å². The van der Waals surface area contributed by atoms with Crippen LogP contribution >= 0.6 is 11.6 Å². The minimum Gasteiger partial charge on any atom is -0.380 e. The molecule has 3 rings (SSSR count). The highest BCUT2D eigenvalue weighted by Crippen LogP contribution is 2.29. The molecule has 0 amide bonds. The molecule has 2 aromatic rings. The lowest BCUT2D eigenvalue weighted by Gasteiger charge is -2.37. The molecule has 1 aromatic heterocycles. The van der Waals surface area contributed by atoms with Crippen molar-refractivity contribution in [3.05, 3.63) is 35.2 Å². The molecule has 0 atom stereocenters. The molecule has 1 aromatic carbocycles. The zero-order valence-electron chi connectivity index (χ0n) is 10.4. The minimum atomic E-state index is -0.391. The van der Waals surface area contributed by atoms with Crippen molar-refractivity contribution in [3.63, 3.8) is 0 Å². The van der Waals surface area contributed by atoms with Crippen LogP contribution in [0.4, 0.5) is 4.39 Å². The van der Waals surface area contributed by atoms with Gasteiger partial charge in [0.05, 0.1) is 26.0 Å². The molecule has 0 saturated carbocycles. The molecule has 0 radical (unpaired) electrons. The zero-order valence-corrected chi connectivity index (χ0v) is 11.2. The summed E-state index contributed by atoms with van der Waals surface area (Å²) in [5, 5.41) is 8.41. The van der Waals surface area contributed by atoms with Gasteiger partial charge in [0.2, 0.25) is 0 Å². The van der Waals surface area contributed by atoms with Gasteiger partial charge in [-0.2, -0.15) is 0 Å². The Morgan fingerprint density at radius 2 is 2.26 bits per heavy atom. The molecule has 1 aliphatic rings. The van der Waals surface area contributed by atoms with Crippen molar-refractivity contribution in [1.29, 1.82) is 0 Å². The van der Waals surface area contributed by atoms with Gasteiger partial charge in [-0.3, -0.25) is 4.68 Å². The van der Waals surface area contributed by atoms with Crippen molar-refractivity contribution in [1.82, 2.24) is 15.0 Å². The summed E-state index contributed by atoms with van der Waals surface area (Å²) in [6.07, 6.45) is 1.75. The number of ether oxygens (including phenoxy) is 1. The highest BCUT2D eigenvalue weighted by molar-refractivity contribution is 6.30. The molecule has 1 fully saturated rings. The van der Waals surface area contributed by atoms with Gasteiger partial charge in [0.15, 0.2) is 0 Å². The standard InChI is InChI=1S/C13H13ClFN3O/c1-13(7-19-8-13)6-18-5-12(16-17-18)10-3-2-9(14)4-11(10)15/h2-5H,6-8H2,1H3. The Morgan fingerprint density at radius 3 is 2.89 bits per heavy atom. The van der Waals surface area contributed by atoms with Crippen molar-refractivity contribution in [2.75, 3.05) is 13.2 Å². The molecule has 6 heteroatoms. The predicted octanol–water partition coefficient (Wildman–Crippen LogP) is 2.77. The third-order valence-electron chi connectivity index (χ3n) is 3.19. The van der Waals surface area contributed by atoms with Crippen LogP contribution < -0.4 is 0 Å². The van der Waals surface area contributed by atoms with E-state index in [1.54, 1.807) is 23.0 Å². The van der Waals surface area contributed by atoms with Crippen LogP contribution in [0.1, 0.15) is 6.92 Å². The van der Waals surface area contributed by atoms with E-state index in [4.69, 9.17) is 16.3 Å². The lowest BCUT2D eigenvalue weighted by Crippen LogP contribution is -2.43. The number of benzene rings is 1. The molecule has 1 saturated heterocycles.